The number of halogens is 1. The lowest BCUT2D eigenvalue weighted by molar-refractivity contribution is -0.126. The maximum absolute atomic E-state index is 12.8. The molecule has 0 saturated carbocycles. The van der Waals surface area contributed by atoms with Gasteiger partial charge in [-0.05, 0) is 49.8 Å². The van der Waals surface area contributed by atoms with Gasteiger partial charge in [0.25, 0.3) is 0 Å². The minimum absolute atomic E-state index is 0.0869. The lowest BCUT2D eigenvalue weighted by atomic mass is 9.97. The average molecular weight is 484 g/mol. The summed E-state index contributed by atoms with van der Waals surface area (Å²) in [5.74, 6) is -0.740. The molecule has 0 radical (unpaired) electrons. The van der Waals surface area contributed by atoms with Crippen molar-refractivity contribution in [1.82, 2.24) is 16.0 Å². The van der Waals surface area contributed by atoms with Crippen molar-refractivity contribution in [2.75, 3.05) is 19.8 Å². The quantitative estimate of drug-likeness (QED) is 0.325. The fourth-order valence-corrected chi connectivity index (χ4v) is 3.88. The highest BCUT2D eigenvalue weighted by Gasteiger charge is 2.31. The summed E-state index contributed by atoms with van der Waals surface area (Å²) in [6.07, 6.45) is 0.453. The molecule has 5 N–H and O–H groups in total. The zero-order valence-electron chi connectivity index (χ0n) is 19.3. The van der Waals surface area contributed by atoms with E-state index < -0.39 is 29.7 Å². The van der Waals surface area contributed by atoms with Gasteiger partial charge >= 0.3 is 6.09 Å². The van der Waals surface area contributed by atoms with Crippen molar-refractivity contribution < 1.29 is 29.3 Å². The molecule has 1 fully saturated rings. The molecule has 184 valence electrons. The van der Waals surface area contributed by atoms with Crippen LogP contribution in [-0.2, 0) is 19.9 Å². The molecular formula is C23H34ClN3O6. The van der Waals surface area contributed by atoms with Crippen LogP contribution in [0.25, 0.3) is 0 Å². The van der Waals surface area contributed by atoms with Gasteiger partial charge in [-0.1, -0.05) is 37.6 Å². The van der Waals surface area contributed by atoms with Crippen molar-refractivity contribution in [3.05, 3.63) is 34.9 Å². The SMILES string of the molecule is CC(C)C[C@H](NC(=O)OC[C@](C)(O)c1cccc(Cl)c1)C(=O)N[C@H](CO)C[C@@H]1CCNC1=O. The van der Waals surface area contributed by atoms with Gasteiger partial charge < -0.3 is 30.9 Å². The number of carbonyl (C=O) groups is 3. The number of aliphatic hydroxyl groups excluding tert-OH is 1. The van der Waals surface area contributed by atoms with E-state index >= 15 is 0 Å². The molecule has 1 aliphatic rings. The first-order chi connectivity index (χ1) is 15.5. The second-order valence-electron chi connectivity index (χ2n) is 9.09. The first-order valence-corrected chi connectivity index (χ1v) is 11.5. The molecule has 0 aliphatic carbocycles. The Morgan fingerprint density at radius 2 is 2.06 bits per heavy atom. The molecule has 3 amide bonds. The Labute approximate surface area is 199 Å². The molecule has 33 heavy (non-hydrogen) atoms. The van der Waals surface area contributed by atoms with Crippen molar-refractivity contribution in [3.63, 3.8) is 0 Å². The van der Waals surface area contributed by atoms with Crippen molar-refractivity contribution in [2.24, 2.45) is 11.8 Å². The Morgan fingerprint density at radius 3 is 2.64 bits per heavy atom. The average Bonchev–Trinajstić information content (AvgIpc) is 3.15. The lowest BCUT2D eigenvalue weighted by Crippen LogP contribution is -2.52. The topological polar surface area (TPSA) is 137 Å². The third-order valence-corrected chi connectivity index (χ3v) is 5.78. The number of carbonyl (C=O) groups excluding carboxylic acids is 3. The summed E-state index contributed by atoms with van der Waals surface area (Å²) in [6.45, 7) is 5.22. The molecule has 1 aliphatic heterocycles. The molecule has 2 rings (SSSR count). The third-order valence-electron chi connectivity index (χ3n) is 5.55. The predicted octanol–water partition coefficient (Wildman–Crippen LogP) is 1.69. The molecule has 0 spiro atoms. The Hall–Kier alpha value is -2.36. The van der Waals surface area contributed by atoms with E-state index in [1.54, 1.807) is 24.3 Å². The molecule has 4 atom stereocenters. The number of hydrogen-bond donors (Lipinski definition) is 5. The van der Waals surface area contributed by atoms with E-state index in [9.17, 15) is 24.6 Å². The summed E-state index contributed by atoms with van der Waals surface area (Å²) in [6, 6.07) is 5.09. The molecular weight excluding hydrogens is 450 g/mol. The minimum Gasteiger partial charge on any atom is -0.446 e. The van der Waals surface area contributed by atoms with E-state index in [1.807, 2.05) is 13.8 Å². The fourth-order valence-electron chi connectivity index (χ4n) is 3.69. The standard InChI is InChI=1S/C23H34ClN3O6/c1-14(2)9-19(21(30)26-18(12-28)10-15-7-8-25-20(15)29)27-22(31)33-13-23(3,32)16-5-4-6-17(24)11-16/h4-6,11,14-15,18-19,28,32H,7-10,12-13H2,1-3H3,(H,25,29)(H,26,30)(H,27,31)/t15-,18-,19-,23-/m0/s1. The zero-order valence-corrected chi connectivity index (χ0v) is 20.0. The van der Waals surface area contributed by atoms with Crippen LogP contribution in [0.2, 0.25) is 5.02 Å². The van der Waals surface area contributed by atoms with E-state index in [1.165, 1.54) is 6.92 Å². The van der Waals surface area contributed by atoms with Gasteiger partial charge in [0.1, 0.15) is 18.2 Å². The number of benzene rings is 1. The Bertz CT molecular complexity index is 832. The molecule has 0 aromatic heterocycles. The van der Waals surface area contributed by atoms with Crippen LogP contribution in [0.5, 0.6) is 0 Å². The number of ether oxygens (including phenoxy) is 1. The van der Waals surface area contributed by atoms with E-state index in [0.717, 1.165) is 0 Å². The van der Waals surface area contributed by atoms with Gasteiger partial charge in [0.05, 0.1) is 12.6 Å². The summed E-state index contributed by atoms with van der Waals surface area (Å²) in [7, 11) is 0. The summed E-state index contributed by atoms with van der Waals surface area (Å²) >= 11 is 5.96. The molecule has 1 aromatic carbocycles. The molecule has 10 heteroatoms. The highest BCUT2D eigenvalue weighted by atomic mass is 35.5. The van der Waals surface area contributed by atoms with Gasteiger partial charge in [0.2, 0.25) is 11.8 Å². The van der Waals surface area contributed by atoms with Gasteiger partial charge in [-0.15, -0.1) is 0 Å². The summed E-state index contributed by atoms with van der Waals surface area (Å²) in [5, 5.41) is 28.8. The number of hydrogen-bond acceptors (Lipinski definition) is 6. The van der Waals surface area contributed by atoms with Crippen molar-refractivity contribution in [2.45, 2.75) is 57.7 Å². The van der Waals surface area contributed by atoms with Crippen LogP contribution in [0.4, 0.5) is 4.79 Å². The second-order valence-corrected chi connectivity index (χ2v) is 9.52. The number of aliphatic hydroxyl groups is 2. The minimum atomic E-state index is -1.47. The number of rotatable bonds is 11. The van der Waals surface area contributed by atoms with E-state index in [0.29, 0.717) is 36.4 Å². The zero-order chi connectivity index (χ0) is 24.6. The molecule has 0 unspecified atom stereocenters. The summed E-state index contributed by atoms with van der Waals surface area (Å²) in [4.78, 5) is 37.1. The largest absolute Gasteiger partial charge is 0.446 e. The summed E-state index contributed by atoms with van der Waals surface area (Å²) in [5.41, 5.74) is -0.983. The normalized spacial score (nSPS) is 19.4. The van der Waals surface area contributed by atoms with Crippen LogP contribution in [-0.4, -0.2) is 60.0 Å². The Kier molecular flexibility index (Phi) is 9.94. The molecule has 1 heterocycles. The Morgan fingerprint density at radius 1 is 1.33 bits per heavy atom. The monoisotopic (exact) mass is 483 g/mol. The Balaban J connectivity index is 1.95. The smallest absolute Gasteiger partial charge is 0.407 e. The first-order valence-electron chi connectivity index (χ1n) is 11.1. The van der Waals surface area contributed by atoms with Crippen LogP contribution in [0.3, 0.4) is 0 Å². The van der Waals surface area contributed by atoms with E-state index in [-0.39, 0.29) is 31.0 Å². The highest BCUT2D eigenvalue weighted by Crippen LogP contribution is 2.24. The van der Waals surface area contributed by atoms with E-state index in [2.05, 4.69) is 16.0 Å². The van der Waals surface area contributed by atoms with Crippen molar-refractivity contribution >= 4 is 29.5 Å². The van der Waals surface area contributed by atoms with E-state index in [4.69, 9.17) is 16.3 Å². The number of alkyl carbamates (subject to hydrolysis) is 1. The van der Waals surface area contributed by atoms with Crippen LogP contribution < -0.4 is 16.0 Å². The maximum atomic E-state index is 12.8. The van der Waals surface area contributed by atoms with Crippen LogP contribution in [0.1, 0.15) is 45.6 Å². The van der Waals surface area contributed by atoms with Crippen LogP contribution in [0, 0.1) is 11.8 Å². The number of nitrogens with one attached hydrogen (secondary N) is 3. The molecule has 9 nitrogen and oxygen atoms in total. The van der Waals surface area contributed by atoms with Gasteiger partial charge in [0.15, 0.2) is 0 Å². The van der Waals surface area contributed by atoms with Crippen LogP contribution in [0.15, 0.2) is 24.3 Å². The van der Waals surface area contributed by atoms with Gasteiger partial charge in [-0.25, -0.2) is 4.79 Å². The van der Waals surface area contributed by atoms with Gasteiger partial charge in [-0.2, -0.15) is 0 Å². The van der Waals surface area contributed by atoms with Crippen LogP contribution >= 0.6 is 11.6 Å². The summed E-state index contributed by atoms with van der Waals surface area (Å²) < 4.78 is 5.19. The van der Waals surface area contributed by atoms with Crippen molar-refractivity contribution in [3.8, 4) is 0 Å². The first kappa shape index (κ1) is 26.9. The predicted molar refractivity (Wildman–Crippen MR) is 123 cm³/mol. The lowest BCUT2D eigenvalue weighted by Gasteiger charge is -2.26. The molecule has 1 aromatic rings. The maximum Gasteiger partial charge on any atom is 0.407 e. The van der Waals surface area contributed by atoms with Gasteiger partial charge in [0, 0.05) is 17.5 Å². The molecule has 1 saturated heterocycles. The van der Waals surface area contributed by atoms with Crippen molar-refractivity contribution in [1.29, 1.82) is 0 Å². The molecule has 0 bridgehead atoms. The second kappa shape index (κ2) is 12.2. The van der Waals surface area contributed by atoms with Gasteiger partial charge in [-0.3, -0.25) is 9.59 Å². The fraction of sp³-hybridized carbons (Fsp3) is 0.609. The third kappa shape index (κ3) is 8.49. The number of amides is 3. The highest BCUT2D eigenvalue weighted by molar-refractivity contribution is 6.30.